The molecule has 0 saturated heterocycles. The van der Waals surface area contributed by atoms with Crippen molar-refractivity contribution < 1.29 is 5.11 Å². The highest BCUT2D eigenvalue weighted by molar-refractivity contribution is 7.09. The van der Waals surface area contributed by atoms with E-state index in [0.29, 0.717) is 6.42 Å². The zero-order valence-corrected chi connectivity index (χ0v) is 9.94. The van der Waals surface area contributed by atoms with Gasteiger partial charge >= 0.3 is 0 Å². The van der Waals surface area contributed by atoms with Crippen LogP contribution in [0.3, 0.4) is 0 Å². The first-order valence-corrected chi connectivity index (χ1v) is 6.17. The standard InChI is InChI=1S/C12H14N2OS/c1-2-9-6-13-4-3-11(9)12(15)5-10-7-14-8-16-10/h3-4,6-8,12,15H,2,5H2,1H3. The quantitative estimate of drug-likeness (QED) is 0.883. The molecular weight excluding hydrogens is 220 g/mol. The summed E-state index contributed by atoms with van der Waals surface area (Å²) in [4.78, 5) is 9.18. The Kier molecular flexibility index (Phi) is 3.64. The highest BCUT2D eigenvalue weighted by Crippen LogP contribution is 2.22. The third kappa shape index (κ3) is 2.46. The Hall–Kier alpha value is -1.26. The molecule has 2 rings (SSSR count). The van der Waals surface area contributed by atoms with E-state index < -0.39 is 6.10 Å². The van der Waals surface area contributed by atoms with Gasteiger partial charge in [0.05, 0.1) is 11.6 Å². The maximum absolute atomic E-state index is 10.2. The third-order valence-electron chi connectivity index (χ3n) is 2.56. The third-order valence-corrected chi connectivity index (χ3v) is 3.36. The van der Waals surface area contributed by atoms with Gasteiger partial charge in [0, 0.05) is 29.9 Å². The predicted octanol–water partition coefficient (Wildman–Crippen LogP) is 2.38. The van der Waals surface area contributed by atoms with Crippen LogP contribution in [0.15, 0.2) is 30.2 Å². The van der Waals surface area contributed by atoms with Crippen LogP contribution in [-0.4, -0.2) is 15.1 Å². The van der Waals surface area contributed by atoms with Gasteiger partial charge in [-0.2, -0.15) is 0 Å². The van der Waals surface area contributed by atoms with Crippen molar-refractivity contribution in [3.05, 3.63) is 46.2 Å². The number of hydrogen-bond donors (Lipinski definition) is 1. The first-order chi connectivity index (χ1) is 7.81. The fourth-order valence-electron chi connectivity index (χ4n) is 1.70. The number of hydrogen-bond acceptors (Lipinski definition) is 4. The zero-order valence-electron chi connectivity index (χ0n) is 9.13. The van der Waals surface area contributed by atoms with E-state index in [0.717, 1.165) is 22.4 Å². The number of thiazole rings is 1. The molecule has 2 heterocycles. The van der Waals surface area contributed by atoms with Gasteiger partial charge in [0.1, 0.15) is 0 Å². The van der Waals surface area contributed by atoms with Gasteiger partial charge in [-0.3, -0.25) is 9.97 Å². The highest BCUT2D eigenvalue weighted by atomic mass is 32.1. The number of aryl methyl sites for hydroxylation is 1. The molecule has 0 aliphatic carbocycles. The number of nitrogens with zero attached hydrogens (tertiary/aromatic N) is 2. The maximum atomic E-state index is 10.2. The van der Waals surface area contributed by atoms with Gasteiger partial charge in [-0.05, 0) is 23.6 Å². The first-order valence-electron chi connectivity index (χ1n) is 5.29. The minimum absolute atomic E-state index is 0.460. The molecule has 3 nitrogen and oxygen atoms in total. The number of rotatable bonds is 4. The summed E-state index contributed by atoms with van der Waals surface area (Å²) in [6.45, 7) is 2.07. The molecule has 2 aromatic heterocycles. The Labute approximate surface area is 98.8 Å². The molecule has 16 heavy (non-hydrogen) atoms. The molecule has 4 heteroatoms. The monoisotopic (exact) mass is 234 g/mol. The summed E-state index contributed by atoms with van der Waals surface area (Å²) in [6, 6.07) is 1.89. The molecule has 0 radical (unpaired) electrons. The van der Waals surface area contributed by atoms with E-state index in [1.54, 1.807) is 29.2 Å². The van der Waals surface area contributed by atoms with E-state index in [2.05, 4.69) is 16.9 Å². The normalized spacial score (nSPS) is 12.6. The average molecular weight is 234 g/mol. The Morgan fingerprint density at radius 2 is 2.25 bits per heavy atom. The lowest BCUT2D eigenvalue weighted by atomic mass is 10.0. The molecule has 0 spiro atoms. The summed E-state index contributed by atoms with van der Waals surface area (Å²) in [5.74, 6) is 0. The lowest BCUT2D eigenvalue weighted by Crippen LogP contribution is -2.04. The van der Waals surface area contributed by atoms with Gasteiger partial charge in [0.15, 0.2) is 0 Å². The smallest absolute Gasteiger partial charge is 0.0842 e. The van der Waals surface area contributed by atoms with Gasteiger partial charge in [-0.15, -0.1) is 11.3 Å². The topological polar surface area (TPSA) is 46.0 Å². The van der Waals surface area contributed by atoms with Gasteiger partial charge in [-0.25, -0.2) is 0 Å². The van der Waals surface area contributed by atoms with Crippen LogP contribution >= 0.6 is 11.3 Å². The molecule has 0 aliphatic rings. The number of aliphatic hydroxyl groups excluding tert-OH is 1. The summed E-state index contributed by atoms with van der Waals surface area (Å²) in [6.07, 6.45) is 6.42. The molecule has 1 N–H and O–H groups in total. The summed E-state index contributed by atoms with van der Waals surface area (Å²) in [5, 5.41) is 10.2. The van der Waals surface area contributed by atoms with Crippen LogP contribution in [0.4, 0.5) is 0 Å². The van der Waals surface area contributed by atoms with E-state index in [1.165, 1.54) is 0 Å². The first kappa shape index (κ1) is 11.2. The van der Waals surface area contributed by atoms with Crippen molar-refractivity contribution in [1.29, 1.82) is 0 Å². The molecule has 0 aliphatic heterocycles. The summed E-state index contributed by atoms with van der Waals surface area (Å²) < 4.78 is 0. The lowest BCUT2D eigenvalue weighted by Gasteiger charge is -2.13. The van der Waals surface area contributed by atoms with Crippen LogP contribution in [0.2, 0.25) is 0 Å². The highest BCUT2D eigenvalue weighted by Gasteiger charge is 2.12. The SMILES string of the molecule is CCc1cnccc1C(O)Cc1cncs1. The van der Waals surface area contributed by atoms with Gasteiger partial charge < -0.3 is 5.11 Å². The van der Waals surface area contributed by atoms with Crippen molar-refractivity contribution in [2.45, 2.75) is 25.9 Å². The summed E-state index contributed by atoms with van der Waals surface area (Å²) in [7, 11) is 0. The lowest BCUT2D eigenvalue weighted by molar-refractivity contribution is 0.178. The van der Waals surface area contributed by atoms with Crippen LogP contribution in [-0.2, 0) is 12.8 Å². The molecule has 0 bridgehead atoms. The molecule has 1 atom stereocenters. The minimum atomic E-state index is -0.460. The second kappa shape index (κ2) is 5.18. The molecular formula is C12H14N2OS. The van der Waals surface area contributed by atoms with E-state index in [1.807, 2.05) is 12.3 Å². The Morgan fingerprint density at radius 3 is 2.94 bits per heavy atom. The number of pyridine rings is 1. The van der Waals surface area contributed by atoms with Crippen molar-refractivity contribution >= 4 is 11.3 Å². The predicted molar refractivity (Wildman–Crippen MR) is 64.4 cm³/mol. The van der Waals surface area contributed by atoms with Crippen molar-refractivity contribution in [2.24, 2.45) is 0 Å². The van der Waals surface area contributed by atoms with Crippen LogP contribution in [0, 0.1) is 0 Å². The fourth-order valence-corrected chi connectivity index (χ4v) is 2.33. The molecule has 1 unspecified atom stereocenters. The van der Waals surface area contributed by atoms with E-state index >= 15 is 0 Å². The largest absolute Gasteiger partial charge is 0.388 e. The Morgan fingerprint density at radius 1 is 1.38 bits per heavy atom. The zero-order chi connectivity index (χ0) is 11.4. The van der Waals surface area contributed by atoms with Crippen molar-refractivity contribution in [3.8, 4) is 0 Å². The molecule has 0 aromatic carbocycles. The van der Waals surface area contributed by atoms with Crippen molar-refractivity contribution in [3.63, 3.8) is 0 Å². The molecule has 0 saturated carbocycles. The van der Waals surface area contributed by atoms with E-state index in [9.17, 15) is 5.11 Å². The molecule has 84 valence electrons. The van der Waals surface area contributed by atoms with E-state index in [-0.39, 0.29) is 0 Å². The molecule has 0 amide bonds. The maximum Gasteiger partial charge on any atom is 0.0842 e. The second-order valence-corrected chi connectivity index (χ2v) is 4.59. The van der Waals surface area contributed by atoms with Gasteiger partial charge in [-0.1, -0.05) is 6.92 Å². The second-order valence-electron chi connectivity index (χ2n) is 3.62. The van der Waals surface area contributed by atoms with Crippen molar-refractivity contribution in [1.82, 2.24) is 9.97 Å². The fraction of sp³-hybridized carbons (Fsp3) is 0.333. The molecule has 0 fully saturated rings. The van der Waals surface area contributed by atoms with Crippen LogP contribution < -0.4 is 0 Å². The average Bonchev–Trinajstić information content (AvgIpc) is 2.81. The summed E-state index contributed by atoms with van der Waals surface area (Å²) >= 11 is 1.57. The minimum Gasteiger partial charge on any atom is -0.388 e. The van der Waals surface area contributed by atoms with Crippen LogP contribution in [0.1, 0.15) is 29.0 Å². The number of aliphatic hydroxyl groups is 1. The Bertz CT molecular complexity index is 442. The van der Waals surface area contributed by atoms with Crippen LogP contribution in [0.25, 0.3) is 0 Å². The number of aromatic nitrogens is 2. The molecule has 2 aromatic rings. The van der Waals surface area contributed by atoms with Crippen molar-refractivity contribution in [2.75, 3.05) is 0 Å². The van der Waals surface area contributed by atoms with Gasteiger partial charge in [0.2, 0.25) is 0 Å². The van der Waals surface area contributed by atoms with Crippen LogP contribution in [0.5, 0.6) is 0 Å². The van der Waals surface area contributed by atoms with Gasteiger partial charge in [0.25, 0.3) is 0 Å². The Balaban J connectivity index is 2.17. The summed E-state index contributed by atoms with van der Waals surface area (Å²) in [5.41, 5.74) is 3.88. The van der Waals surface area contributed by atoms with E-state index in [4.69, 9.17) is 0 Å².